The highest BCUT2D eigenvalue weighted by atomic mass is 32.1. The predicted octanol–water partition coefficient (Wildman–Crippen LogP) is 1.01. The van der Waals surface area contributed by atoms with Gasteiger partial charge in [0.25, 0.3) is 5.91 Å². The van der Waals surface area contributed by atoms with Crippen LogP contribution >= 0.6 is 12.2 Å². The summed E-state index contributed by atoms with van der Waals surface area (Å²) >= 11 is 4.83. The van der Waals surface area contributed by atoms with E-state index in [9.17, 15) is 4.79 Å². The first-order valence-corrected chi connectivity index (χ1v) is 6.73. The molecule has 1 saturated heterocycles. The Morgan fingerprint density at radius 3 is 3.00 bits per heavy atom. The second-order valence-corrected chi connectivity index (χ2v) is 4.92. The number of aromatic nitrogens is 1. The molecule has 2 rings (SSSR count). The molecular formula is C13H17N3O2S. The van der Waals surface area contributed by atoms with Crippen LogP contribution in [0.15, 0.2) is 18.3 Å². The third-order valence-corrected chi connectivity index (χ3v) is 3.29. The van der Waals surface area contributed by atoms with Crippen LogP contribution in [0.4, 0.5) is 0 Å². The van der Waals surface area contributed by atoms with Gasteiger partial charge in [0.2, 0.25) is 0 Å². The van der Waals surface area contributed by atoms with Crippen LogP contribution in [0.5, 0.6) is 0 Å². The molecule has 2 heterocycles. The molecule has 0 aromatic carbocycles. The summed E-state index contributed by atoms with van der Waals surface area (Å²) < 4.78 is 5.49. The molecule has 0 spiro atoms. The van der Waals surface area contributed by atoms with Crippen LogP contribution in [0.2, 0.25) is 0 Å². The average molecular weight is 279 g/mol. The van der Waals surface area contributed by atoms with Gasteiger partial charge in [0.05, 0.1) is 6.10 Å². The third kappa shape index (κ3) is 3.97. The highest BCUT2D eigenvalue weighted by Gasteiger charge is 2.15. The zero-order valence-corrected chi connectivity index (χ0v) is 11.4. The number of rotatable bonds is 5. The number of thiocarbonyl (C=S) groups is 1. The minimum absolute atomic E-state index is 0.188. The van der Waals surface area contributed by atoms with Gasteiger partial charge < -0.3 is 15.8 Å². The van der Waals surface area contributed by atoms with Crippen LogP contribution in [-0.2, 0) is 4.74 Å². The summed E-state index contributed by atoms with van der Waals surface area (Å²) in [5.74, 6) is -0.188. The molecule has 0 radical (unpaired) electrons. The van der Waals surface area contributed by atoms with E-state index in [-0.39, 0.29) is 17.0 Å². The molecule has 0 saturated carbocycles. The van der Waals surface area contributed by atoms with Crippen molar-refractivity contribution in [2.45, 2.75) is 25.4 Å². The first kappa shape index (κ1) is 13.9. The van der Waals surface area contributed by atoms with Gasteiger partial charge in [0.1, 0.15) is 10.7 Å². The Kier molecular flexibility index (Phi) is 4.81. The normalized spacial score (nSPS) is 18.2. The van der Waals surface area contributed by atoms with E-state index in [1.54, 1.807) is 12.1 Å². The van der Waals surface area contributed by atoms with E-state index in [1.165, 1.54) is 6.20 Å². The Hall–Kier alpha value is -1.53. The summed E-state index contributed by atoms with van der Waals surface area (Å²) in [4.78, 5) is 16.1. The molecule has 19 heavy (non-hydrogen) atoms. The molecule has 1 fully saturated rings. The average Bonchev–Trinajstić information content (AvgIpc) is 2.92. The highest BCUT2D eigenvalue weighted by molar-refractivity contribution is 7.80. The number of nitrogens with zero attached hydrogens (tertiary/aromatic N) is 1. The largest absolute Gasteiger partial charge is 0.389 e. The number of nitrogens with two attached hydrogens (primary N) is 1. The number of nitrogens with one attached hydrogen (secondary N) is 1. The first-order chi connectivity index (χ1) is 9.16. The molecule has 1 amide bonds. The van der Waals surface area contributed by atoms with Crippen LogP contribution in [0.1, 0.15) is 35.3 Å². The lowest BCUT2D eigenvalue weighted by Crippen LogP contribution is -2.27. The van der Waals surface area contributed by atoms with Gasteiger partial charge in [-0.2, -0.15) is 0 Å². The van der Waals surface area contributed by atoms with Crippen LogP contribution in [0, 0.1) is 0 Å². The van der Waals surface area contributed by atoms with Crippen molar-refractivity contribution < 1.29 is 9.53 Å². The standard InChI is InChI=1S/C13H17N3O2S/c14-12(19)9-3-4-11(16-8-9)13(17)15-6-5-10-2-1-7-18-10/h3-4,8,10H,1-2,5-7H2,(H2,14,19)(H,15,17). The molecule has 1 aliphatic heterocycles. The summed E-state index contributed by atoms with van der Waals surface area (Å²) in [5, 5.41) is 2.83. The van der Waals surface area contributed by atoms with Gasteiger partial charge in [0.15, 0.2) is 0 Å². The molecule has 0 aliphatic carbocycles. The Labute approximate surface area is 117 Å². The number of hydrogen-bond acceptors (Lipinski definition) is 4. The third-order valence-electron chi connectivity index (χ3n) is 3.06. The number of carbonyl (C=O) groups is 1. The summed E-state index contributed by atoms with van der Waals surface area (Å²) in [6.07, 6.45) is 4.83. The van der Waals surface area contributed by atoms with E-state index in [0.29, 0.717) is 17.8 Å². The van der Waals surface area contributed by atoms with Crippen molar-refractivity contribution in [2.24, 2.45) is 5.73 Å². The number of hydrogen-bond donors (Lipinski definition) is 2. The van der Waals surface area contributed by atoms with E-state index in [1.807, 2.05) is 0 Å². The number of carbonyl (C=O) groups excluding carboxylic acids is 1. The molecule has 1 unspecified atom stereocenters. The quantitative estimate of drug-likeness (QED) is 0.787. The Bertz CT molecular complexity index is 455. The molecule has 6 heteroatoms. The van der Waals surface area contributed by atoms with Crippen molar-refractivity contribution in [1.82, 2.24) is 10.3 Å². The maximum Gasteiger partial charge on any atom is 0.269 e. The SMILES string of the molecule is NC(=S)c1ccc(C(=O)NCCC2CCCO2)nc1. The fourth-order valence-corrected chi connectivity index (χ4v) is 2.10. The van der Waals surface area contributed by atoms with Crippen LogP contribution in [-0.4, -0.2) is 35.1 Å². The molecule has 1 aliphatic rings. The summed E-state index contributed by atoms with van der Waals surface area (Å²) in [6.45, 7) is 1.43. The Morgan fingerprint density at radius 2 is 2.42 bits per heavy atom. The van der Waals surface area contributed by atoms with E-state index in [2.05, 4.69) is 10.3 Å². The molecule has 1 aromatic rings. The van der Waals surface area contributed by atoms with Crippen LogP contribution in [0.25, 0.3) is 0 Å². The zero-order valence-electron chi connectivity index (χ0n) is 10.6. The fourth-order valence-electron chi connectivity index (χ4n) is 1.98. The van der Waals surface area contributed by atoms with Crippen molar-refractivity contribution in [1.29, 1.82) is 0 Å². The van der Waals surface area contributed by atoms with E-state index < -0.39 is 0 Å². The molecule has 1 atom stereocenters. The van der Waals surface area contributed by atoms with Crippen LogP contribution < -0.4 is 11.1 Å². The maximum atomic E-state index is 11.8. The smallest absolute Gasteiger partial charge is 0.269 e. The monoisotopic (exact) mass is 279 g/mol. The van der Waals surface area contributed by atoms with Crippen LogP contribution in [0.3, 0.4) is 0 Å². The number of pyridine rings is 1. The molecular weight excluding hydrogens is 262 g/mol. The number of amides is 1. The van der Waals surface area contributed by atoms with Gasteiger partial charge in [0, 0.05) is 24.9 Å². The predicted molar refractivity (Wildman–Crippen MR) is 76.0 cm³/mol. The second-order valence-electron chi connectivity index (χ2n) is 4.48. The Morgan fingerprint density at radius 1 is 1.58 bits per heavy atom. The van der Waals surface area contributed by atoms with Crippen molar-refractivity contribution >= 4 is 23.1 Å². The summed E-state index contributed by atoms with van der Waals surface area (Å²) in [6, 6.07) is 3.32. The highest BCUT2D eigenvalue weighted by Crippen LogP contribution is 2.14. The molecule has 5 nitrogen and oxygen atoms in total. The van der Waals surface area contributed by atoms with Gasteiger partial charge in [-0.3, -0.25) is 9.78 Å². The van der Waals surface area contributed by atoms with E-state index >= 15 is 0 Å². The topological polar surface area (TPSA) is 77.2 Å². The molecule has 3 N–H and O–H groups in total. The minimum atomic E-state index is -0.188. The van der Waals surface area contributed by atoms with Gasteiger partial charge in [-0.1, -0.05) is 12.2 Å². The molecule has 1 aromatic heterocycles. The second kappa shape index (κ2) is 6.58. The maximum absolute atomic E-state index is 11.8. The lowest BCUT2D eigenvalue weighted by Gasteiger charge is -2.09. The summed E-state index contributed by atoms with van der Waals surface area (Å²) in [5.41, 5.74) is 6.49. The van der Waals surface area contributed by atoms with Gasteiger partial charge in [-0.25, -0.2) is 0 Å². The number of ether oxygens (including phenoxy) is 1. The lowest BCUT2D eigenvalue weighted by molar-refractivity contribution is 0.0903. The van der Waals surface area contributed by atoms with Gasteiger partial charge in [-0.05, 0) is 31.4 Å². The van der Waals surface area contributed by atoms with Crippen molar-refractivity contribution in [2.75, 3.05) is 13.2 Å². The van der Waals surface area contributed by atoms with Crippen molar-refractivity contribution in [3.05, 3.63) is 29.6 Å². The molecule has 102 valence electrons. The zero-order chi connectivity index (χ0) is 13.7. The minimum Gasteiger partial charge on any atom is -0.389 e. The van der Waals surface area contributed by atoms with Crippen molar-refractivity contribution in [3.63, 3.8) is 0 Å². The van der Waals surface area contributed by atoms with Crippen molar-refractivity contribution in [3.8, 4) is 0 Å². The fraction of sp³-hybridized carbons (Fsp3) is 0.462. The molecule has 0 bridgehead atoms. The van der Waals surface area contributed by atoms with Gasteiger partial charge >= 0.3 is 0 Å². The van der Waals surface area contributed by atoms with E-state index in [4.69, 9.17) is 22.7 Å². The lowest BCUT2D eigenvalue weighted by atomic mass is 10.2. The summed E-state index contributed by atoms with van der Waals surface area (Å²) in [7, 11) is 0. The Balaban J connectivity index is 1.80. The van der Waals surface area contributed by atoms with E-state index in [0.717, 1.165) is 25.9 Å². The first-order valence-electron chi connectivity index (χ1n) is 6.32. The van der Waals surface area contributed by atoms with Gasteiger partial charge in [-0.15, -0.1) is 0 Å².